The zero-order valence-corrected chi connectivity index (χ0v) is 11.8. The van der Waals surface area contributed by atoms with E-state index in [-0.39, 0.29) is 5.95 Å². The number of nitrogen functional groups attached to an aromatic ring is 1. The molecule has 0 bridgehead atoms. The Balaban J connectivity index is 1.70. The number of aryl methyl sites for hydroxylation is 2. The number of H-pyrrole nitrogens is 1. The summed E-state index contributed by atoms with van der Waals surface area (Å²) >= 11 is 0. The van der Waals surface area contributed by atoms with E-state index < -0.39 is 0 Å². The third kappa shape index (κ3) is 2.71. The van der Waals surface area contributed by atoms with Crippen LogP contribution in [0.2, 0.25) is 0 Å². The van der Waals surface area contributed by atoms with Crippen molar-refractivity contribution in [2.75, 3.05) is 5.73 Å². The summed E-state index contributed by atoms with van der Waals surface area (Å²) < 4.78 is 10.8. The van der Waals surface area contributed by atoms with Crippen LogP contribution in [-0.4, -0.2) is 20.3 Å². The van der Waals surface area contributed by atoms with Gasteiger partial charge < -0.3 is 15.0 Å². The fourth-order valence-corrected chi connectivity index (χ4v) is 1.98. The van der Waals surface area contributed by atoms with Gasteiger partial charge in [0, 0.05) is 5.56 Å². The van der Waals surface area contributed by atoms with Crippen LogP contribution in [0.1, 0.15) is 17.0 Å². The van der Waals surface area contributed by atoms with Gasteiger partial charge in [-0.25, -0.2) is 0 Å². The molecule has 0 amide bonds. The summed E-state index contributed by atoms with van der Waals surface area (Å²) in [6, 6.07) is 7.52. The van der Waals surface area contributed by atoms with Gasteiger partial charge >= 0.3 is 0 Å². The molecule has 3 N–H and O–H groups in total. The van der Waals surface area contributed by atoms with E-state index in [1.165, 1.54) is 0 Å². The number of nitrogens with two attached hydrogens (primary N) is 1. The number of hydrogen-bond donors (Lipinski definition) is 2. The van der Waals surface area contributed by atoms with Gasteiger partial charge in [0.25, 0.3) is 0 Å². The van der Waals surface area contributed by atoms with Crippen LogP contribution in [0.3, 0.4) is 0 Å². The van der Waals surface area contributed by atoms with Gasteiger partial charge in [0.05, 0.1) is 11.3 Å². The van der Waals surface area contributed by atoms with E-state index in [1.54, 1.807) is 0 Å². The molecule has 7 nitrogen and oxygen atoms in total. The van der Waals surface area contributed by atoms with E-state index >= 15 is 0 Å². The summed E-state index contributed by atoms with van der Waals surface area (Å²) in [5, 5.41) is 10.5. The average Bonchev–Trinajstić information content (AvgIpc) is 3.05. The molecule has 0 saturated carbocycles. The number of benzene rings is 1. The third-order valence-electron chi connectivity index (χ3n) is 3.19. The summed E-state index contributed by atoms with van der Waals surface area (Å²) in [6.07, 6.45) is 0. The first kappa shape index (κ1) is 13.2. The second-order valence-electron chi connectivity index (χ2n) is 4.66. The fourth-order valence-electron chi connectivity index (χ4n) is 1.98. The Morgan fingerprint density at radius 1 is 1.24 bits per heavy atom. The molecule has 2 heterocycles. The number of ether oxygens (including phenoxy) is 1. The highest BCUT2D eigenvalue weighted by Gasteiger charge is 2.10. The third-order valence-corrected chi connectivity index (χ3v) is 3.19. The molecule has 0 aliphatic rings. The molecule has 0 radical (unpaired) electrons. The Morgan fingerprint density at radius 3 is 2.57 bits per heavy atom. The van der Waals surface area contributed by atoms with Crippen molar-refractivity contribution in [2.45, 2.75) is 20.5 Å². The first-order chi connectivity index (χ1) is 10.1. The molecular formula is C14H15N5O2. The van der Waals surface area contributed by atoms with Crippen molar-refractivity contribution in [1.82, 2.24) is 20.3 Å². The normalized spacial score (nSPS) is 10.8. The topological polar surface area (TPSA) is 103 Å². The highest BCUT2D eigenvalue weighted by Crippen LogP contribution is 2.21. The molecule has 3 aromatic rings. The Morgan fingerprint density at radius 2 is 2.00 bits per heavy atom. The molecule has 21 heavy (non-hydrogen) atoms. The molecule has 2 aromatic heterocycles. The summed E-state index contributed by atoms with van der Waals surface area (Å²) in [7, 11) is 0. The maximum Gasteiger partial charge on any atom is 0.239 e. The van der Waals surface area contributed by atoms with E-state index in [4.69, 9.17) is 15.0 Å². The number of nitrogens with zero attached hydrogens (tertiary/aromatic N) is 3. The molecule has 1 aromatic carbocycles. The van der Waals surface area contributed by atoms with Gasteiger partial charge in [-0.05, 0) is 38.1 Å². The lowest BCUT2D eigenvalue weighted by molar-refractivity contribution is 0.302. The van der Waals surface area contributed by atoms with Gasteiger partial charge in [-0.3, -0.25) is 5.10 Å². The van der Waals surface area contributed by atoms with E-state index in [2.05, 4.69) is 20.3 Å². The lowest BCUT2D eigenvalue weighted by atomic mass is 10.2. The van der Waals surface area contributed by atoms with E-state index in [0.717, 1.165) is 28.3 Å². The average molecular weight is 285 g/mol. The zero-order valence-electron chi connectivity index (χ0n) is 11.8. The minimum atomic E-state index is 0.226. The molecule has 0 spiro atoms. The van der Waals surface area contributed by atoms with Crippen LogP contribution < -0.4 is 10.5 Å². The van der Waals surface area contributed by atoms with Crippen molar-refractivity contribution in [1.29, 1.82) is 0 Å². The van der Waals surface area contributed by atoms with Gasteiger partial charge in [-0.2, -0.15) is 4.98 Å². The maximum absolute atomic E-state index is 5.74. The highest BCUT2D eigenvalue weighted by molar-refractivity contribution is 5.56. The molecule has 0 atom stereocenters. The standard InChI is InChI=1S/C14H15N5O2/c1-8-12(9(2)21-19-8)7-20-11-5-3-10(4-6-11)13-16-14(15)18-17-13/h3-6H,7H2,1-2H3,(H3,15,16,17,18). The molecule has 108 valence electrons. The number of nitrogens with one attached hydrogen (secondary N) is 1. The molecule has 0 aliphatic heterocycles. The molecular weight excluding hydrogens is 270 g/mol. The van der Waals surface area contributed by atoms with Gasteiger partial charge in [0.15, 0.2) is 5.82 Å². The van der Waals surface area contributed by atoms with Crippen LogP contribution in [0.15, 0.2) is 28.8 Å². The second-order valence-corrected chi connectivity index (χ2v) is 4.66. The van der Waals surface area contributed by atoms with Gasteiger partial charge in [0.2, 0.25) is 5.95 Å². The summed E-state index contributed by atoms with van der Waals surface area (Å²) in [6.45, 7) is 4.19. The van der Waals surface area contributed by atoms with Crippen LogP contribution >= 0.6 is 0 Å². The van der Waals surface area contributed by atoms with Crippen molar-refractivity contribution >= 4 is 5.95 Å². The Labute approximate surface area is 121 Å². The van der Waals surface area contributed by atoms with E-state index in [1.807, 2.05) is 38.1 Å². The second kappa shape index (κ2) is 5.28. The smallest absolute Gasteiger partial charge is 0.239 e. The van der Waals surface area contributed by atoms with Gasteiger partial charge in [-0.15, -0.1) is 5.10 Å². The molecule has 0 aliphatic carbocycles. The van der Waals surface area contributed by atoms with Gasteiger partial charge in [-0.1, -0.05) is 5.16 Å². The van der Waals surface area contributed by atoms with Crippen molar-refractivity contribution < 1.29 is 9.26 Å². The number of aromatic amines is 1. The predicted molar refractivity (Wildman–Crippen MR) is 76.5 cm³/mol. The monoisotopic (exact) mass is 285 g/mol. The minimum absolute atomic E-state index is 0.226. The Kier molecular flexibility index (Phi) is 3.31. The number of aromatic nitrogens is 4. The van der Waals surface area contributed by atoms with Crippen LogP contribution in [0, 0.1) is 13.8 Å². The molecule has 7 heteroatoms. The highest BCUT2D eigenvalue weighted by atomic mass is 16.5. The quantitative estimate of drug-likeness (QED) is 0.762. The minimum Gasteiger partial charge on any atom is -0.489 e. The van der Waals surface area contributed by atoms with Crippen LogP contribution in [-0.2, 0) is 6.61 Å². The Bertz CT molecular complexity index is 726. The molecule has 0 fully saturated rings. The summed E-state index contributed by atoms with van der Waals surface area (Å²) in [5.41, 5.74) is 8.20. The van der Waals surface area contributed by atoms with Crippen molar-refractivity contribution in [3.63, 3.8) is 0 Å². The lowest BCUT2D eigenvalue weighted by Crippen LogP contribution is -1.97. The summed E-state index contributed by atoms with van der Waals surface area (Å²) in [5.74, 6) is 2.39. The predicted octanol–water partition coefficient (Wildman–Crippen LogP) is 2.24. The van der Waals surface area contributed by atoms with Crippen molar-refractivity contribution in [2.24, 2.45) is 0 Å². The first-order valence-corrected chi connectivity index (χ1v) is 6.46. The SMILES string of the molecule is Cc1noc(C)c1COc1ccc(-c2nc(N)n[nH]2)cc1. The molecule has 0 saturated heterocycles. The van der Waals surface area contributed by atoms with Crippen molar-refractivity contribution in [3.8, 4) is 17.1 Å². The largest absolute Gasteiger partial charge is 0.489 e. The number of rotatable bonds is 4. The lowest BCUT2D eigenvalue weighted by Gasteiger charge is -2.06. The van der Waals surface area contributed by atoms with E-state index in [0.29, 0.717) is 12.4 Å². The molecule has 0 unspecified atom stereocenters. The Hall–Kier alpha value is -2.83. The first-order valence-electron chi connectivity index (χ1n) is 6.46. The molecule has 3 rings (SSSR count). The number of hydrogen-bond acceptors (Lipinski definition) is 6. The van der Waals surface area contributed by atoms with Crippen LogP contribution in [0.25, 0.3) is 11.4 Å². The number of anilines is 1. The fraction of sp³-hybridized carbons (Fsp3) is 0.214. The van der Waals surface area contributed by atoms with Crippen LogP contribution in [0.5, 0.6) is 5.75 Å². The zero-order chi connectivity index (χ0) is 14.8. The van der Waals surface area contributed by atoms with Crippen molar-refractivity contribution in [3.05, 3.63) is 41.3 Å². The summed E-state index contributed by atoms with van der Waals surface area (Å²) in [4.78, 5) is 4.07. The van der Waals surface area contributed by atoms with Gasteiger partial charge in [0.1, 0.15) is 18.1 Å². The van der Waals surface area contributed by atoms with Crippen LogP contribution in [0.4, 0.5) is 5.95 Å². The maximum atomic E-state index is 5.74. The van der Waals surface area contributed by atoms with E-state index in [9.17, 15) is 0 Å².